The Kier molecular flexibility index (Phi) is 12.6. The fraction of sp³-hybridized carbons (Fsp3) is 0.279. The molecule has 3 N–H and O–H groups in total. The molecule has 11 nitrogen and oxygen atoms in total. The van der Waals surface area contributed by atoms with Crippen LogP contribution in [0, 0.1) is 17.2 Å². The van der Waals surface area contributed by atoms with Gasteiger partial charge < -0.3 is 20.5 Å². The van der Waals surface area contributed by atoms with Crippen molar-refractivity contribution in [3.63, 3.8) is 0 Å². The summed E-state index contributed by atoms with van der Waals surface area (Å²) in [6.07, 6.45) is 9.08. The van der Waals surface area contributed by atoms with Crippen molar-refractivity contribution in [2.45, 2.75) is 44.8 Å². The van der Waals surface area contributed by atoms with E-state index in [0.717, 1.165) is 39.8 Å². The first kappa shape index (κ1) is 40.0. The third kappa shape index (κ3) is 9.17. The highest BCUT2D eigenvalue weighted by atomic mass is 35.5. The van der Waals surface area contributed by atoms with Crippen molar-refractivity contribution in [3.8, 4) is 34.1 Å². The standard InChI is InChI=1S/C43H39Cl3N6O5/c44-36-18-30(25-51-15-12-29(24-51)43(55)56)37(57-17-3-14-47)19-28(36)9-8-26-4-1-6-34(40(26)45)35-7-2-5-33(41(35)46)27-13-16-52-38(20-27)49-22-31(42(52)54)21-48-23-32-10-11-39(53)50-32/h1-2,4-9,13,16,18-20,22,29,32,48H,3,10-12,15,17,21,23-25H2,(H,50,53)(H,55,56)/b9-8+/t29-,32-/m0/s1. The highest BCUT2D eigenvalue weighted by molar-refractivity contribution is 6.39. The maximum Gasteiger partial charge on any atom is 0.307 e. The number of rotatable bonds is 14. The van der Waals surface area contributed by atoms with Crippen LogP contribution < -0.4 is 20.9 Å². The molecule has 0 unspecified atom stereocenters. The Labute approximate surface area is 344 Å². The number of carboxylic acids is 1. The smallest absolute Gasteiger partial charge is 0.307 e. The van der Waals surface area contributed by atoms with Crippen molar-refractivity contribution >= 4 is 64.5 Å². The Morgan fingerprint density at radius 3 is 2.53 bits per heavy atom. The van der Waals surface area contributed by atoms with Crippen molar-refractivity contribution in [2.24, 2.45) is 5.92 Å². The van der Waals surface area contributed by atoms with Gasteiger partial charge in [0.25, 0.3) is 5.56 Å². The predicted molar refractivity (Wildman–Crippen MR) is 222 cm³/mol. The summed E-state index contributed by atoms with van der Waals surface area (Å²) >= 11 is 21.0. The number of aliphatic carboxylic acids is 1. The SMILES string of the molecule is N#CCCOc1cc(/C=C/c2cccc(-c3cccc(-c4ccn5c(=O)c(CNC[C@@H]6CCC(=O)N6)cnc5c4)c3Cl)c2Cl)c(Cl)cc1CN1CC[C@H](C(=O)O)C1. The lowest BCUT2D eigenvalue weighted by Crippen LogP contribution is -2.36. The zero-order valence-corrected chi connectivity index (χ0v) is 33.1. The van der Waals surface area contributed by atoms with Gasteiger partial charge in [-0.1, -0.05) is 83.4 Å². The first-order chi connectivity index (χ1) is 27.6. The molecule has 2 fully saturated rings. The van der Waals surface area contributed by atoms with Crippen LogP contribution in [0.3, 0.4) is 0 Å². The van der Waals surface area contributed by atoms with Crippen molar-refractivity contribution < 1.29 is 19.4 Å². The molecule has 1 amide bonds. The summed E-state index contributed by atoms with van der Waals surface area (Å²) in [7, 11) is 0. The molecule has 2 aliphatic rings. The zero-order valence-electron chi connectivity index (χ0n) is 30.8. The Hall–Kier alpha value is -5.22. The molecule has 4 heterocycles. The molecule has 3 aromatic carbocycles. The van der Waals surface area contributed by atoms with E-state index in [1.165, 1.54) is 4.40 Å². The lowest BCUT2D eigenvalue weighted by atomic mass is 9.97. The minimum Gasteiger partial charge on any atom is -0.492 e. The van der Waals surface area contributed by atoms with Gasteiger partial charge in [0.1, 0.15) is 18.0 Å². The molecule has 57 heavy (non-hydrogen) atoms. The molecule has 5 aromatic rings. The largest absolute Gasteiger partial charge is 0.492 e. The van der Waals surface area contributed by atoms with Gasteiger partial charge in [-0.15, -0.1) is 0 Å². The average Bonchev–Trinajstić information content (AvgIpc) is 3.85. The van der Waals surface area contributed by atoms with Crippen LogP contribution in [0.2, 0.25) is 15.1 Å². The van der Waals surface area contributed by atoms with E-state index < -0.39 is 11.9 Å². The monoisotopic (exact) mass is 824 g/mol. The topological polar surface area (TPSA) is 149 Å². The number of fused-ring (bicyclic) bond motifs is 1. The van der Waals surface area contributed by atoms with Gasteiger partial charge in [-0.2, -0.15) is 5.26 Å². The number of nitrogens with one attached hydrogen (secondary N) is 2. The number of carbonyl (C=O) groups excluding carboxylic acids is 1. The summed E-state index contributed by atoms with van der Waals surface area (Å²) in [6.45, 7) is 2.69. The summed E-state index contributed by atoms with van der Waals surface area (Å²) in [6, 6.07) is 20.9. The van der Waals surface area contributed by atoms with E-state index in [1.54, 1.807) is 12.4 Å². The van der Waals surface area contributed by atoms with E-state index in [4.69, 9.17) is 44.8 Å². The van der Waals surface area contributed by atoms with E-state index in [1.807, 2.05) is 72.8 Å². The minimum absolute atomic E-state index is 0.0506. The van der Waals surface area contributed by atoms with Gasteiger partial charge >= 0.3 is 5.97 Å². The molecule has 2 aliphatic heterocycles. The first-order valence-corrected chi connectivity index (χ1v) is 19.8. The van der Waals surface area contributed by atoms with Gasteiger partial charge in [-0.25, -0.2) is 4.98 Å². The maximum atomic E-state index is 13.3. The number of nitriles is 1. The van der Waals surface area contributed by atoms with Crippen molar-refractivity contribution in [2.75, 3.05) is 26.2 Å². The van der Waals surface area contributed by atoms with Gasteiger partial charge in [0.05, 0.1) is 28.5 Å². The van der Waals surface area contributed by atoms with Crippen LogP contribution in [0.4, 0.5) is 0 Å². The lowest BCUT2D eigenvalue weighted by Gasteiger charge is -2.19. The van der Waals surface area contributed by atoms with Crippen LogP contribution in [0.1, 0.15) is 47.9 Å². The highest BCUT2D eigenvalue weighted by Gasteiger charge is 2.28. The normalized spacial score (nSPS) is 17.0. The van der Waals surface area contributed by atoms with Crippen LogP contribution >= 0.6 is 34.8 Å². The number of carboxylic acid groups (broad SMARTS) is 1. The minimum atomic E-state index is -0.797. The number of aromatic nitrogens is 2. The van der Waals surface area contributed by atoms with Crippen molar-refractivity contribution in [1.82, 2.24) is 24.9 Å². The molecule has 0 aliphatic carbocycles. The van der Waals surface area contributed by atoms with Crippen molar-refractivity contribution in [3.05, 3.63) is 121 Å². The van der Waals surface area contributed by atoms with Gasteiger partial charge in [-0.3, -0.25) is 23.7 Å². The van der Waals surface area contributed by atoms with E-state index in [0.29, 0.717) is 83.2 Å². The number of ether oxygens (including phenoxy) is 1. The number of carbonyl (C=O) groups is 2. The van der Waals surface area contributed by atoms with Gasteiger partial charge in [-0.05, 0) is 60.3 Å². The Morgan fingerprint density at radius 1 is 1.00 bits per heavy atom. The number of benzene rings is 3. The third-order valence-electron chi connectivity index (χ3n) is 10.3. The second-order valence-corrected chi connectivity index (χ2v) is 15.3. The highest BCUT2D eigenvalue weighted by Crippen LogP contribution is 2.41. The Balaban J connectivity index is 1.11. The summed E-state index contributed by atoms with van der Waals surface area (Å²) in [5.74, 6) is -0.576. The molecule has 0 saturated carbocycles. The van der Waals surface area contributed by atoms with Gasteiger partial charge in [0, 0.05) is 83.9 Å². The van der Waals surface area contributed by atoms with E-state index >= 15 is 0 Å². The van der Waals surface area contributed by atoms with Crippen LogP contribution in [0.5, 0.6) is 5.75 Å². The van der Waals surface area contributed by atoms with Crippen LogP contribution in [-0.4, -0.2) is 63.6 Å². The summed E-state index contributed by atoms with van der Waals surface area (Å²) in [5.41, 5.74) is 6.02. The van der Waals surface area contributed by atoms with E-state index in [-0.39, 0.29) is 30.5 Å². The second-order valence-electron chi connectivity index (χ2n) is 14.2. The molecule has 0 spiro atoms. The Morgan fingerprint density at radius 2 is 1.77 bits per heavy atom. The number of amides is 1. The number of pyridine rings is 1. The quantitative estimate of drug-likeness (QED) is 0.0756. The van der Waals surface area contributed by atoms with Crippen LogP contribution in [0.15, 0.2) is 77.9 Å². The molecule has 14 heteroatoms. The molecule has 2 saturated heterocycles. The number of hydrogen-bond acceptors (Lipinski definition) is 8. The van der Waals surface area contributed by atoms with Crippen LogP contribution in [0.25, 0.3) is 40.1 Å². The average molecular weight is 826 g/mol. The molecule has 0 bridgehead atoms. The molecule has 2 atom stereocenters. The summed E-state index contributed by atoms with van der Waals surface area (Å²) < 4.78 is 7.51. The fourth-order valence-electron chi connectivity index (χ4n) is 7.26. The Bertz CT molecular complexity index is 2480. The number of likely N-dealkylation sites (tertiary alicyclic amines) is 1. The third-order valence-corrected chi connectivity index (χ3v) is 11.5. The molecular formula is C43H39Cl3N6O5. The molecule has 7 rings (SSSR count). The number of halogens is 3. The van der Waals surface area contributed by atoms with E-state index in [9.17, 15) is 19.5 Å². The zero-order chi connectivity index (χ0) is 40.1. The lowest BCUT2D eigenvalue weighted by molar-refractivity contribution is -0.141. The number of nitrogens with zero attached hydrogens (tertiary/aromatic N) is 4. The molecule has 0 radical (unpaired) electrons. The van der Waals surface area contributed by atoms with Gasteiger partial charge in [0.2, 0.25) is 5.91 Å². The fourth-order valence-corrected chi connectivity index (χ4v) is 8.14. The first-order valence-electron chi connectivity index (χ1n) is 18.6. The van der Waals surface area contributed by atoms with E-state index in [2.05, 4.69) is 26.6 Å². The summed E-state index contributed by atoms with van der Waals surface area (Å²) in [5, 5.41) is 26.2. The predicted octanol–water partition coefficient (Wildman–Crippen LogP) is 7.73. The maximum absolute atomic E-state index is 13.3. The number of hydrogen-bond donors (Lipinski definition) is 3. The molecule has 292 valence electrons. The van der Waals surface area contributed by atoms with Crippen molar-refractivity contribution in [1.29, 1.82) is 5.26 Å². The molecular weight excluding hydrogens is 787 g/mol. The second kappa shape index (κ2) is 17.9. The van der Waals surface area contributed by atoms with Gasteiger partial charge in [0.15, 0.2) is 0 Å². The van der Waals surface area contributed by atoms with Crippen LogP contribution in [-0.2, 0) is 22.7 Å². The summed E-state index contributed by atoms with van der Waals surface area (Å²) in [4.78, 5) is 42.9. The molecule has 2 aromatic heterocycles.